The first-order chi connectivity index (χ1) is 16.1. The molecule has 1 aliphatic heterocycles. The third-order valence-corrected chi connectivity index (χ3v) is 6.86. The van der Waals surface area contributed by atoms with Crippen molar-refractivity contribution in [3.63, 3.8) is 0 Å². The number of hydrogen-bond acceptors (Lipinski definition) is 5. The normalized spacial score (nSPS) is 17.8. The number of para-hydroxylation sites is 2. The lowest BCUT2D eigenvalue weighted by molar-refractivity contribution is 0.380. The van der Waals surface area contributed by atoms with E-state index in [9.17, 15) is 0 Å². The number of nitrogens with zero attached hydrogens (tertiary/aromatic N) is 2. The van der Waals surface area contributed by atoms with Crippen molar-refractivity contribution >= 4 is 46.4 Å². The Morgan fingerprint density at radius 1 is 1.03 bits per heavy atom. The van der Waals surface area contributed by atoms with Crippen LogP contribution in [0.4, 0.5) is 5.69 Å². The molecule has 0 saturated carbocycles. The van der Waals surface area contributed by atoms with Crippen molar-refractivity contribution in [1.82, 2.24) is 10.3 Å². The number of aromatic nitrogens is 1. The fourth-order valence-corrected chi connectivity index (χ4v) is 5.14. The number of halogens is 1. The second kappa shape index (κ2) is 9.47. The predicted molar refractivity (Wildman–Crippen MR) is 135 cm³/mol. The van der Waals surface area contributed by atoms with Crippen molar-refractivity contribution in [2.24, 2.45) is 0 Å². The molecule has 1 N–H and O–H groups in total. The lowest BCUT2D eigenvalue weighted by Crippen LogP contribution is -2.29. The number of furan rings is 1. The van der Waals surface area contributed by atoms with Crippen molar-refractivity contribution in [3.8, 4) is 5.75 Å². The van der Waals surface area contributed by atoms with Gasteiger partial charge in [0.1, 0.15) is 17.6 Å². The molecule has 0 aliphatic carbocycles. The summed E-state index contributed by atoms with van der Waals surface area (Å²) >= 11 is 13.3. The Kier molecular flexibility index (Phi) is 6.26. The summed E-state index contributed by atoms with van der Waals surface area (Å²) in [6, 6.07) is 24.9. The number of methoxy groups -OCH3 is 1. The highest BCUT2D eigenvalue weighted by molar-refractivity contribution is 7.99. The fraction of sp³-hybridized carbons (Fsp3) is 0.120. The Bertz CT molecular complexity index is 1260. The van der Waals surface area contributed by atoms with Crippen molar-refractivity contribution in [3.05, 3.63) is 102 Å². The standard InChI is InChI=1S/C25H20ClN3O2S2/c1-30-20-8-3-2-7-19(20)29-24(23(28-25(29)32)18-6-4-5-15-27-18)21-13-14-22(31-21)33-17-11-9-16(26)10-12-17/h2-15,23-24H,1H3,(H,28,32)/t23-,24-/m1/s1. The first-order valence-corrected chi connectivity index (χ1v) is 11.9. The van der Waals surface area contributed by atoms with E-state index in [0.717, 1.165) is 32.9 Å². The number of nitrogens with one attached hydrogen (secondary N) is 1. The van der Waals surface area contributed by atoms with Crippen LogP contribution in [0, 0.1) is 0 Å². The molecule has 2 aromatic heterocycles. The molecule has 2 aromatic carbocycles. The topological polar surface area (TPSA) is 50.5 Å². The van der Waals surface area contributed by atoms with E-state index in [1.165, 1.54) is 0 Å². The number of ether oxygens (including phenoxy) is 1. The molecule has 166 valence electrons. The van der Waals surface area contributed by atoms with Crippen LogP contribution < -0.4 is 15.0 Å². The Balaban J connectivity index is 1.55. The molecule has 33 heavy (non-hydrogen) atoms. The molecule has 1 aliphatic rings. The number of anilines is 1. The van der Waals surface area contributed by atoms with Crippen LogP contribution >= 0.6 is 35.6 Å². The summed E-state index contributed by atoms with van der Waals surface area (Å²) in [5.74, 6) is 1.51. The van der Waals surface area contributed by atoms with Crippen LogP contribution in [0.5, 0.6) is 5.75 Å². The Labute approximate surface area is 206 Å². The van der Waals surface area contributed by atoms with Crippen molar-refractivity contribution in [2.75, 3.05) is 12.0 Å². The zero-order valence-corrected chi connectivity index (χ0v) is 20.0. The van der Waals surface area contributed by atoms with Gasteiger partial charge in [-0.05, 0) is 72.9 Å². The summed E-state index contributed by atoms with van der Waals surface area (Å²) in [4.78, 5) is 7.67. The summed E-state index contributed by atoms with van der Waals surface area (Å²) < 4.78 is 12.0. The molecule has 3 heterocycles. The van der Waals surface area contributed by atoms with E-state index in [-0.39, 0.29) is 12.1 Å². The summed E-state index contributed by atoms with van der Waals surface area (Å²) in [6.07, 6.45) is 1.78. The molecular weight excluding hydrogens is 474 g/mol. The molecule has 4 aromatic rings. The molecule has 0 spiro atoms. The number of rotatable bonds is 6. The van der Waals surface area contributed by atoms with Crippen molar-refractivity contribution < 1.29 is 9.15 Å². The zero-order chi connectivity index (χ0) is 22.8. The quantitative estimate of drug-likeness (QED) is 0.301. The molecule has 8 heteroatoms. The van der Waals surface area contributed by atoms with E-state index >= 15 is 0 Å². The van der Waals surface area contributed by atoms with Crippen LogP contribution in [-0.4, -0.2) is 17.2 Å². The Morgan fingerprint density at radius 3 is 2.58 bits per heavy atom. The lowest BCUT2D eigenvalue weighted by Gasteiger charge is -2.27. The third kappa shape index (κ3) is 4.44. The summed E-state index contributed by atoms with van der Waals surface area (Å²) in [6.45, 7) is 0. The van der Waals surface area contributed by atoms with Gasteiger partial charge >= 0.3 is 0 Å². The maximum atomic E-state index is 6.35. The minimum absolute atomic E-state index is 0.192. The van der Waals surface area contributed by atoms with E-state index in [4.69, 9.17) is 33.0 Å². The minimum Gasteiger partial charge on any atom is -0.495 e. The zero-order valence-electron chi connectivity index (χ0n) is 17.6. The van der Waals surface area contributed by atoms with Crippen LogP contribution in [0.3, 0.4) is 0 Å². The average Bonchev–Trinajstić information content (AvgIpc) is 3.45. The lowest BCUT2D eigenvalue weighted by atomic mass is 10.0. The smallest absolute Gasteiger partial charge is 0.174 e. The number of pyridine rings is 1. The van der Waals surface area contributed by atoms with Gasteiger partial charge in [0.2, 0.25) is 0 Å². The predicted octanol–water partition coefficient (Wildman–Crippen LogP) is 6.66. The first kappa shape index (κ1) is 21.8. The molecule has 5 nitrogen and oxygen atoms in total. The number of thiocarbonyl (C=S) groups is 1. The van der Waals surface area contributed by atoms with Gasteiger partial charge in [-0.25, -0.2) is 0 Å². The monoisotopic (exact) mass is 493 g/mol. The van der Waals surface area contributed by atoms with Gasteiger partial charge in [0.05, 0.1) is 24.5 Å². The first-order valence-electron chi connectivity index (χ1n) is 10.3. The second-order valence-electron chi connectivity index (χ2n) is 7.38. The maximum absolute atomic E-state index is 6.35. The van der Waals surface area contributed by atoms with Crippen LogP contribution in [0.1, 0.15) is 23.5 Å². The van der Waals surface area contributed by atoms with Gasteiger partial charge in [0, 0.05) is 16.1 Å². The molecule has 0 bridgehead atoms. The minimum atomic E-state index is -0.247. The van der Waals surface area contributed by atoms with Gasteiger partial charge in [-0.2, -0.15) is 0 Å². The molecule has 1 fully saturated rings. The molecule has 0 unspecified atom stereocenters. The molecule has 2 atom stereocenters. The SMILES string of the molecule is COc1ccccc1N1C(=S)N[C@H](c2ccccn2)[C@H]1c1ccc(Sc2ccc(Cl)cc2)o1. The van der Waals surface area contributed by atoms with Crippen LogP contribution in [0.25, 0.3) is 0 Å². The second-order valence-corrected chi connectivity index (χ2v) is 9.28. The van der Waals surface area contributed by atoms with Gasteiger partial charge in [0.15, 0.2) is 10.2 Å². The van der Waals surface area contributed by atoms with Gasteiger partial charge in [-0.15, -0.1) is 0 Å². The highest BCUT2D eigenvalue weighted by Crippen LogP contribution is 2.45. The van der Waals surface area contributed by atoms with Crippen LogP contribution in [0.15, 0.2) is 99.5 Å². The maximum Gasteiger partial charge on any atom is 0.174 e. The molecule has 0 amide bonds. The molecule has 1 saturated heterocycles. The summed E-state index contributed by atoms with van der Waals surface area (Å²) in [7, 11) is 1.66. The van der Waals surface area contributed by atoms with Gasteiger partial charge in [-0.1, -0.05) is 41.6 Å². The van der Waals surface area contributed by atoms with E-state index in [1.54, 1.807) is 25.1 Å². The van der Waals surface area contributed by atoms with Crippen LogP contribution in [-0.2, 0) is 0 Å². The van der Waals surface area contributed by atoms with Gasteiger partial charge in [0.25, 0.3) is 0 Å². The molecular formula is C25H20ClN3O2S2. The van der Waals surface area contributed by atoms with Gasteiger partial charge in [-0.3, -0.25) is 4.98 Å². The van der Waals surface area contributed by atoms with E-state index < -0.39 is 0 Å². The number of hydrogen-bond donors (Lipinski definition) is 1. The highest BCUT2D eigenvalue weighted by atomic mass is 35.5. The van der Waals surface area contributed by atoms with Crippen molar-refractivity contribution in [2.45, 2.75) is 22.1 Å². The summed E-state index contributed by atoms with van der Waals surface area (Å²) in [5.41, 5.74) is 1.75. The number of benzene rings is 2. The Hall–Kier alpha value is -3.00. The van der Waals surface area contributed by atoms with E-state index in [0.29, 0.717) is 10.1 Å². The van der Waals surface area contributed by atoms with Gasteiger partial charge < -0.3 is 19.4 Å². The fourth-order valence-electron chi connectivity index (χ4n) is 3.90. The molecule has 0 radical (unpaired) electrons. The summed E-state index contributed by atoms with van der Waals surface area (Å²) in [5, 5.41) is 5.51. The highest BCUT2D eigenvalue weighted by Gasteiger charge is 2.43. The Morgan fingerprint density at radius 2 is 1.82 bits per heavy atom. The average molecular weight is 494 g/mol. The van der Waals surface area contributed by atoms with E-state index in [2.05, 4.69) is 10.3 Å². The van der Waals surface area contributed by atoms with Crippen molar-refractivity contribution in [1.29, 1.82) is 0 Å². The largest absolute Gasteiger partial charge is 0.495 e. The van der Waals surface area contributed by atoms with E-state index in [1.807, 2.05) is 83.8 Å². The van der Waals surface area contributed by atoms with Crippen LogP contribution in [0.2, 0.25) is 5.02 Å². The molecule has 5 rings (SSSR count). The third-order valence-electron chi connectivity index (χ3n) is 5.37.